The lowest BCUT2D eigenvalue weighted by Crippen LogP contribution is -2.25. The molecule has 0 fully saturated rings. The van der Waals surface area contributed by atoms with Gasteiger partial charge in [0.25, 0.3) is 0 Å². The van der Waals surface area contributed by atoms with Crippen molar-refractivity contribution in [2.75, 3.05) is 6.61 Å². The summed E-state index contributed by atoms with van der Waals surface area (Å²) in [5, 5.41) is 18.5. The van der Waals surface area contributed by atoms with Crippen LogP contribution in [0.25, 0.3) is 0 Å². The Kier molecular flexibility index (Phi) is 5.53. The lowest BCUT2D eigenvalue weighted by Gasteiger charge is -2.26. The third kappa shape index (κ3) is 4.12. The maximum absolute atomic E-state index is 11.2. The molecule has 148 valence electrons. The summed E-state index contributed by atoms with van der Waals surface area (Å²) in [6, 6.07) is 14.4. The fourth-order valence-corrected chi connectivity index (χ4v) is 3.93. The molecule has 4 rings (SSSR count). The topological polar surface area (TPSA) is 86.5 Å². The molecular weight excluding hydrogens is 390 g/mol. The number of fused-ring (bicyclic) bond motifs is 1. The van der Waals surface area contributed by atoms with Crippen LogP contribution in [0.3, 0.4) is 0 Å². The number of carboxylic acid groups (broad SMARTS) is 1. The van der Waals surface area contributed by atoms with E-state index in [2.05, 4.69) is 16.8 Å². The predicted octanol–water partition coefficient (Wildman–Crippen LogP) is 3.97. The zero-order valence-electron chi connectivity index (χ0n) is 15.5. The third-order valence-electron chi connectivity index (χ3n) is 4.40. The maximum Gasteiger partial charge on any atom is 0.335 e. The Bertz CT molecular complexity index is 1050. The normalized spacial score (nSPS) is 15.1. The minimum atomic E-state index is -0.941. The van der Waals surface area contributed by atoms with Crippen LogP contribution in [0.4, 0.5) is 0 Å². The number of carbonyl (C=O) groups is 1. The van der Waals surface area contributed by atoms with Gasteiger partial charge in [-0.3, -0.25) is 4.57 Å². The number of hydrogen-bond donors (Lipinski definition) is 1. The van der Waals surface area contributed by atoms with Crippen LogP contribution in [0.2, 0.25) is 0 Å². The molecule has 29 heavy (non-hydrogen) atoms. The van der Waals surface area contributed by atoms with Crippen LogP contribution < -0.4 is 9.47 Å². The molecule has 2 aromatic carbocycles. The van der Waals surface area contributed by atoms with Crippen LogP contribution in [0.5, 0.6) is 11.5 Å². The molecule has 1 aliphatic rings. The maximum atomic E-state index is 11.2. The van der Waals surface area contributed by atoms with Gasteiger partial charge in [-0.25, -0.2) is 4.79 Å². The van der Waals surface area contributed by atoms with Crippen molar-refractivity contribution in [3.63, 3.8) is 0 Å². The second-order valence-electron chi connectivity index (χ2n) is 6.40. The Morgan fingerprint density at radius 2 is 2.07 bits per heavy atom. The van der Waals surface area contributed by atoms with E-state index < -0.39 is 5.97 Å². The summed E-state index contributed by atoms with van der Waals surface area (Å²) in [4.78, 5) is 11.2. The summed E-state index contributed by atoms with van der Waals surface area (Å²) in [6.45, 7) is 4.70. The number of carboxylic acids is 1. The lowest BCUT2D eigenvalue weighted by molar-refractivity contribution is 0.0696. The quantitative estimate of drug-likeness (QED) is 0.467. The second-order valence-corrected chi connectivity index (χ2v) is 7.34. The van der Waals surface area contributed by atoms with Crippen LogP contribution in [-0.2, 0) is 12.3 Å². The van der Waals surface area contributed by atoms with Crippen molar-refractivity contribution in [2.24, 2.45) is 0 Å². The smallest absolute Gasteiger partial charge is 0.335 e. The second kappa shape index (κ2) is 8.40. The zero-order chi connectivity index (χ0) is 20.2. The highest BCUT2D eigenvalue weighted by molar-refractivity contribution is 7.98. The third-order valence-corrected chi connectivity index (χ3v) is 5.43. The average Bonchev–Trinajstić information content (AvgIpc) is 3.15. The van der Waals surface area contributed by atoms with Crippen LogP contribution in [-0.4, -0.2) is 32.4 Å². The number of thioether (sulfide) groups is 1. The number of benzene rings is 2. The van der Waals surface area contributed by atoms with E-state index in [1.165, 1.54) is 11.8 Å². The first-order chi connectivity index (χ1) is 14.2. The van der Waals surface area contributed by atoms with Crippen molar-refractivity contribution in [3.05, 3.63) is 78.1 Å². The SMILES string of the molecule is C=CCn1c(SCc2cccc(C(=O)O)c2)nnc1[C@H]1COc2ccccc2O1. The van der Waals surface area contributed by atoms with E-state index in [0.29, 0.717) is 41.4 Å². The molecule has 0 saturated carbocycles. The molecule has 0 amide bonds. The van der Waals surface area contributed by atoms with Crippen LogP contribution in [0.15, 0.2) is 66.3 Å². The van der Waals surface area contributed by atoms with Gasteiger partial charge in [0.05, 0.1) is 5.56 Å². The van der Waals surface area contributed by atoms with E-state index in [-0.39, 0.29) is 11.7 Å². The summed E-state index contributed by atoms with van der Waals surface area (Å²) in [5.74, 6) is 1.69. The fourth-order valence-electron chi connectivity index (χ4n) is 3.03. The number of nitrogens with zero attached hydrogens (tertiary/aromatic N) is 3. The number of hydrogen-bond acceptors (Lipinski definition) is 6. The van der Waals surface area contributed by atoms with Crippen molar-refractivity contribution in [1.29, 1.82) is 0 Å². The Morgan fingerprint density at radius 3 is 2.86 bits per heavy atom. The lowest BCUT2D eigenvalue weighted by atomic mass is 10.1. The predicted molar refractivity (Wildman–Crippen MR) is 108 cm³/mol. The molecule has 8 heteroatoms. The van der Waals surface area contributed by atoms with Crippen molar-refractivity contribution in [2.45, 2.75) is 23.6 Å². The Hall–Kier alpha value is -3.26. The summed E-state index contributed by atoms with van der Waals surface area (Å²) in [7, 11) is 0. The molecule has 0 spiro atoms. The number of rotatable bonds is 7. The van der Waals surface area contributed by atoms with E-state index in [1.54, 1.807) is 24.3 Å². The van der Waals surface area contributed by atoms with Gasteiger partial charge in [-0.2, -0.15) is 0 Å². The molecule has 3 aromatic rings. The van der Waals surface area contributed by atoms with Gasteiger partial charge in [0.2, 0.25) is 0 Å². The molecule has 1 aliphatic heterocycles. The summed E-state index contributed by atoms with van der Waals surface area (Å²) >= 11 is 1.48. The van der Waals surface area contributed by atoms with Gasteiger partial charge in [0.1, 0.15) is 6.61 Å². The van der Waals surface area contributed by atoms with Gasteiger partial charge in [0.15, 0.2) is 28.6 Å². The molecule has 0 bridgehead atoms. The van der Waals surface area contributed by atoms with Gasteiger partial charge in [-0.15, -0.1) is 16.8 Å². The van der Waals surface area contributed by atoms with E-state index in [1.807, 2.05) is 34.9 Å². The Balaban J connectivity index is 1.53. The molecule has 1 N–H and O–H groups in total. The minimum Gasteiger partial charge on any atom is -0.485 e. The van der Waals surface area contributed by atoms with E-state index >= 15 is 0 Å². The summed E-state index contributed by atoms with van der Waals surface area (Å²) in [6.07, 6.45) is 1.40. The highest BCUT2D eigenvalue weighted by Gasteiger charge is 2.28. The molecule has 2 heterocycles. The average molecular weight is 409 g/mol. The fraction of sp³-hybridized carbons (Fsp3) is 0.190. The van der Waals surface area contributed by atoms with Gasteiger partial charge in [0, 0.05) is 12.3 Å². The highest BCUT2D eigenvalue weighted by atomic mass is 32.2. The van der Waals surface area contributed by atoms with Crippen molar-refractivity contribution < 1.29 is 19.4 Å². The first-order valence-electron chi connectivity index (χ1n) is 9.03. The van der Waals surface area contributed by atoms with Gasteiger partial charge < -0.3 is 14.6 Å². The van der Waals surface area contributed by atoms with Crippen LogP contribution in [0.1, 0.15) is 27.8 Å². The largest absolute Gasteiger partial charge is 0.485 e. The summed E-state index contributed by atoms with van der Waals surface area (Å²) < 4.78 is 13.8. The monoisotopic (exact) mass is 409 g/mol. The van der Waals surface area contributed by atoms with Gasteiger partial charge in [-0.05, 0) is 29.8 Å². The van der Waals surface area contributed by atoms with Crippen LogP contribution in [0, 0.1) is 0 Å². The molecule has 1 atom stereocenters. The Morgan fingerprint density at radius 1 is 1.24 bits per heavy atom. The number of para-hydroxylation sites is 2. The van der Waals surface area contributed by atoms with E-state index in [9.17, 15) is 4.79 Å². The molecule has 0 saturated heterocycles. The molecule has 1 aromatic heterocycles. The minimum absolute atomic E-state index is 0.266. The first-order valence-corrected chi connectivity index (χ1v) is 10.0. The van der Waals surface area contributed by atoms with E-state index in [4.69, 9.17) is 14.6 Å². The number of aromatic carboxylic acids is 1. The van der Waals surface area contributed by atoms with Gasteiger partial charge >= 0.3 is 5.97 Å². The molecule has 0 radical (unpaired) electrons. The molecular formula is C21H19N3O4S. The molecule has 0 aliphatic carbocycles. The first kappa shape index (κ1) is 19.1. The van der Waals surface area contributed by atoms with Crippen LogP contribution >= 0.6 is 11.8 Å². The number of aromatic nitrogens is 3. The standard InChI is InChI=1S/C21H19N3O4S/c1-2-10-24-19(18-12-27-16-8-3-4-9-17(16)28-18)22-23-21(24)29-13-14-6-5-7-15(11-14)20(25)26/h2-9,11,18H,1,10,12-13H2,(H,25,26)/t18-/m1/s1. The van der Waals surface area contributed by atoms with E-state index in [0.717, 1.165) is 5.56 Å². The molecule has 0 unspecified atom stereocenters. The van der Waals surface area contributed by atoms with Crippen molar-refractivity contribution >= 4 is 17.7 Å². The van der Waals surface area contributed by atoms with Gasteiger partial charge in [-0.1, -0.05) is 42.1 Å². The zero-order valence-corrected chi connectivity index (χ0v) is 16.3. The molecule has 7 nitrogen and oxygen atoms in total. The Labute approximate surface area is 172 Å². The highest BCUT2D eigenvalue weighted by Crippen LogP contribution is 2.36. The van der Waals surface area contributed by atoms with Crippen molar-refractivity contribution in [1.82, 2.24) is 14.8 Å². The number of ether oxygens (including phenoxy) is 2. The number of allylic oxidation sites excluding steroid dienone is 1. The summed E-state index contributed by atoms with van der Waals surface area (Å²) in [5.41, 5.74) is 1.17. The van der Waals surface area contributed by atoms with Crippen molar-refractivity contribution in [3.8, 4) is 11.5 Å².